The number of phosphoric ester groups is 1. The van der Waals surface area contributed by atoms with Crippen LogP contribution in [0.4, 0.5) is 0 Å². The minimum atomic E-state index is -4.56. The predicted octanol–water partition coefficient (Wildman–Crippen LogP) is 2.23. The van der Waals surface area contributed by atoms with Crippen LogP contribution in [0.3, 0.4) is 0 Å². The average molecular weight is 640 g/mol. The fraction of sp³-hybridized carbons (Fsp3) is 0.828. The van der Waals surface area contributed by atoms with Crippen LogP contribution < -0.4 is 5.32 Å². The lowest BCUT2D eigenvalue weighted by Crippen LogP contribution is -2.62. The van der Waals surface area contributed by atoms with E-state index in [-0.39, 0.29) is 19.6 Å². The van der Waals surface area contributed by atoms with Crippen LogP contribution in [-0.4, -0.2) is 106 Å². The first-order valence-corrected chi connectivity index (χ1v) is 16.9. The molecule has 0 aromatic heterocycles. The zero-order valence-corrected chi connectivity index (χ0v) is 26.3. The summed E-state index contributed by atoms with van der Waals surface area (Å²) in [6, 6.07) is 0. The van der Waals surface area contributed by atoms with E-state index in [1.165, 1.54) is 19.3 Å². The normalized spacial score (nSPS) is 24.9. The van der Waals surface area contributed by atoms with Gasteiger partial charge in [0.2, 0.25) is 0 Å². The van der Waals surface area contributed by atoms with E-state index >= 15 is 0 Å². The lowest BCUT2D eigenvalue weighted by Gasteiger charge is -2.40. The Labute approximate surface area is 255 Å². The molecule has 0 aromatic carbocycles. The van der Waals surface area contributed by atoms with Crippen molar-refractivity contribution in [2.24, 2.45) is 0 Å². The Hall–Kier alpha value is -1.22. The molecule has 1 rings (SSSR count). The fourth-order valence-corrected chi connectivity index (χ4v) is 5.05. The summed E-state index contributed by atoms with van der Waals surface area (Å²) >= 11 is 0. The maximum atomic E-state index is 12.1. The molecule has 1 fully saturated rings. The largest absolute Gasteiger partial charge is 0.472 e. The number of hydrogen-bond acceptors (Lipinski definition) is 12. The van der Waals surface area contributed by atoms with E-state index < -0.39 is 70.4 Å². The molecule has 14 heteroatoms. The lowest BCUT2D eigenvalue weighted by atomic mass is 9.98. The molecule has 0 bridgehead atoms. The van der Waals surface area contributed by atoms with Gasteiger partial charge < -0.3 is 39.9 Å². The Balaban J connectivity index is 2.13. The van der Waals surface area contributed by atoms with Crippen molar-refractivity contribution in [1.29, 1.82) is 0 Å². The number of allylic oxidation sites excluding steroid dienone is 4. The average Bonchev–Trinajstić information content (AvgIpc) is 2.99. The Morgan fingerprint density at radius 3 is 2.21 bits per heavy atom. The molecule has 0 spiro atoms. The molecule has 0 saturated carbocycles. The summed E-state index contributed by atoms with van der Waals surface area (Å²) in [5.41, 5.74) is 0. The zero-order valence-electron chi connectivity index (χ0n) is 25.4. The number of carbonyl (C=O) groups is 1. The Kier molecular flexibility index (Phi) is 22.3. The van der Waals surface area contributed by atoms with Gasteiger partial charge in [0, 0.05) is 13.0 Å². The van der Waals surface area contributed by atoms with Crippen molar-refractivity contribution in [3.05, 3.63) is 24.3 Å². The maximum Gasteiger partial charge on any atom is 0.472 e. The zero-order chi connectivity index (χ0) is 31.9. The van der Waals surface area contributed by atoms with Crippen molar-refractivity contribution >= 4 is 13.8 Å². The van der Waals surface area contributed by atoms with E-state index in [2.05, 4.69) is 36.5 Å². The summed E-state index contributed by atoms with van der Waals surface area (Å²) in [5, 5.41) is 50.8. The lowest BCUT2D eigenvalue weighted by molar-refractivity contribution is -0.236. The van der Waals surface area contributed by atoms with Gasteiger partial charge in [0.15, 0.2) is 0 Å². The van der Waals surface area contributed by atoms with Gasteiger partial charge in [-0.05, 0) is 38.5 Å². The summed E-state index contributed by atoms with van der Waals surface area (Å²) in [6.45, 7) is -0.0462. The Bertz CT molecular complexity index is 827. The molecular weight excluding hydrogens is 585 g/mol. The minimum Gasteiger partial charge on any atom is -0.457 e. The van der Waals surface area contributed by atoms with Crippen molar-refractivity contribution < 1.29 is 58.3 Å². The van der Waals surface area contributed by atoms with Gasteiger partial charge in [0.05, 0.1) is 26.4 Å². The monoisotopic (exact) mass is 639 g/mol. The number of ether oxygens (including phenoxy) is 2. The topological polar surface area (TPSA) is 204 Å². The minimum absolute atomic E-state index is 0.122. The molecule has 7 unspecified atom stereocenters. The van der Waals surface area contributed by atoms with Crippen LogP contribution >= 0.6 is 7.82 Å². The number of carbonyl (C=O) groups excluding carboxylic acids is 1. The standard InChI is InChI=1S/C29H54NO12P/c1-2-3-4-5-6-7-8-9-10-11-12-13-14-15-16-17-25(33)41-23(20-31)22-40-43(37,38)39-19-18-30-29-28(36)27(35)26(34)24(21-32)42-29/h6-7,9-10,23-24,26-32,34-36H,2-5,8,11-22H2,1H3,(H,37,38)/b7-6+,10-9+. The number of nitrogens with one attached hydrogen (secondary N) is 1. The van der Waals surface area contributed by atoms with Crippen LogP contribution in [0.25, 0.3) is 0 Å². The molecule has 1 saturated heterocycles. The summed E-state index contributed by atoms with van der Waals surface area (Å²) in [7, 11) is -4.56. The van der Waals surface area contributed by atoms with Gasteiger partial charge in [0.25, 0.3) is 0 Å². The molecule has 0 aliphatic carbocycles. The number of rotatable bonds is 25. The van der Waals surface area contributed by atoms with Gasteiger partial charge in [-0.15, -0.1) is 0 Å². The van der Waals surface area contributed by atoms with Crippen molar-refractivity contribution in [3.8, 4) is 0 Å². The van der Waals surface area contributed by atoms with Crippen LogP contribution in [0.2, 0.25) is 0 Å². The summed E-state index contributed by atoms with van der Waals surface area (Å²) < 4.78 is 32.2. The third-order valence-corrected chi connectivity index (χ3v) is 7.84. The molecule has 0 aromatic rings. The number of esters is 1. The number of hydrogen-bond donors (Lipinski definition) is 7. The molecule has 0 radical (unpaired) electrons. The summed E-state index contributed by atoms with van der Waals surface area (Å²) in [5.74, 6) is -0.536. The van der Waals surface area contributed by atoms with Gasteiger partial charge >= 0.3 is 13.8 Å². The first kappa shape index (κ1) is 39.8. The van der Waals surface area contributed by atoms with Crippen LogP contribution in [0.5, 0.6) is 0 Å². The highest BCUT2D eigenvalue weighted by Crippen LogP contribution is 2.43. The molecule has 7 atom stereocenters. The molecule has 7 N–H and O–H groups in total. The van der Waals surface area contributed by atoms with Gasteiger partial charge in [0.1, 0.15) is 36.7 Å². The first-order chi connectivity index (χ1) is 20.6. The molecule has 252 valence electrons. The van der Waals surface area contributed by atoms with Crippen molar-refractivity contribution in [3.63, 3.8) is 0 Å². The third-order valence-electron chi connectivity index (χ3n) is 6.85. The van der Waals surface area contributed by atoms with Crippen molar-refractivity contribution in [1.82, 2.24) is 5.32 Å². The second kappa shape index (κ2) is 24.1. The van der Waals surface area contributed by atoms with E-state index in [9.17, 15) is 39.8 Å². The van der Waals surface area contributed by atoms with E-state index in [0.717, 1.165) is 44.9 Å². The molecule has 0 amide bonds. The second-order valence-corrected chi connectivity index (χ2v) is 12.0. The van der Waals surface area contributed by atoms with Gasteiger partial charge in [-0.25, -0.2) is 4.57 Å². The van der Waals surface area contributed by atoms with Crippen LogP contribution in [0, 0.1) is 0 Å². The maximum absolute atomic E-state index is 12.1. The van der Waals surface area contributed by atoms with Crippen LogP contribution in [0.15, 0.2) is 24.3 Å². The van der Waals surface area contributed by atoms with Crippen molar-refractivity contribution in [2.75, 3.05) is 33.0 Å². The molecule has 1 aliphatic rings. The Morgan fingerprint density at radius 2 is 1.56 bits per heavy atom. The van der Waals surface area contributed by atoms with Crippen LogP contribution in [-0.2, 0) is 27.9 Å². The molecule has 1 heterocycles. The molecular formula is C29H54NO12P. The van der Waals surface area contributed by atoms with Crippen LogP contribution in [0.1, 0.15) is 84.0 Å². The predicted molar refractivity (Wildman–Crippen MR) is 160 cm³/mol. The molecule has 13 nitrogen and oxygen atoms in total. The first-order valence-electron chi connectivity index (χ1n) is 15.4. The second-order valence-electron chi connectivity index (χ2n) is 10.6. The number of phosphoric acid groups is 1. The highest BCUT2D eigenvalue weighted by atomic mass is 31.2. The fourth-order valence-electron chi connectivity index (χ4n) is 4.30. The van der Waals surface area contributed by atoms with Crippen molar-refractivity contribution in [2.45, 2.75) is 121 Å². The van der Waals surface area contributed by atoms with E-state index in [1.54, 1.807) is 0 Å². The summed E-state index contributed by atoms with van der Waals surface area (Å²) in [4.78, 5) is 21.9. The SMILES string of the molecule is CCCCC/C=C/C/C=C/CCCCCCCC(=O)OC(CO)COP(=O)(O)OCCNC1OC(CO)C(O)C(O)C1O. The smallest absolute Gasteiger partial charge is 0.457 e. The highest BCUT2D eigenvalue weighted by Gasteiger charge is 2.43. The number of aliphatic hydroxyl groups excluding tert-OH is 5. The number of unbranched alkanes of at least 4 members (excludes halogenated alkanes) is 8. The number of aliphatic hydroxyl groups is 5. The van der Waals surface area contributed by atoms with E-state index in [4.69, 9.17) is 18.5 Å². The van der Waals surface area contributed by atoms with E-state index in [0.29, 0.717) is 6.42 Å². The summed E-state index contributed by atoms with van der Waals surface area (Å²) in [6.07, 6.45) is 12.7. The third kappa shape index (κ3) is 18.4. The highest BCUT2D eigenvalue weighted by molar-refractivity contribution is 7.47. The van der Waals surface area contributed by atoms with E-state index in [1.807, 2.05) is 0 Å². The van der Waals surface area contributed by atoms with Gasteiger partial charge in [-0.2, -0.15) is 0 Å². The van der Waals surface area contributed by atoms with Gasteiger partial charge in [-0.1, -0.05) is 63.3 Å². The quantitative estimate of drug-likeness (QED) is 0.0332. The molecule has 1 aliphatic heterocycles. The molecule has 43 heavy (non-hydrogen) atoms. The van der Waals surface area contributed by atoms with Gasteiger partial charge in [-0.3, -0.25) is 19.2 Å². The Morgan fingerprint density at radius 1 is 0.907 bits per heavy atom.